The molecule has 0 heterocycles. The van der Waals surface area contributed by atoms with Crippen LogP contribution in [0.3, 0.4) is 0 Å². The van der Waals surface area contributed by atoms with Gasteiger partial charge in [0.1, 0.15) is 12.4 Å². The second-order valence-electron chi connectivity index (χ2n) is 7.38. The predicted octanol–water partition coefficient (Wildman–Crippen LogP) is 8.05. The van der Waals surface area contributed by atoms with Gasteiger partial charge in [0.2, 0.25) is 0 Å². The molecule has 0 aliphatic carbocycles. The van der Waals surface area contributed by atoms with Crippen molar-refractivity contribution in [2.45, 2.75) is 22.9 Å². The maximum absolute atomic E-state index is 12.5. The van der Waals surface area contributed by atoms with E-state index < -0.39 is 0 Å². The van der Waals surface area contributed by atoms with Crippen LogP contribution in [-0.4, -0.2) is 6.03 Å². The molecule has 4 nitrogen and oxygen atoms in total. The molecular formula is C27H22Cl2N2O2S. The quantitative estimate of drug-likeness (QED) is 0.253. The van der Waals surface area contributed by atoms with Gasteiger partial charge in [-0.1, -0.05) is 71.4 Å². The van der Waals surface area contributed by atoms with Crippen LogP contribution in [0.25, 0.3) is 0 Å². The zero-order chi connectivity index (χ0) is 23.8. The number of hydrogen-bond donors (Lipinski definition) is 2. The number of halogens is 2. The van der Waals surface area contributed by atoms with Gasteiger partial charge in [-0.3, -0.25) is 0 Å². The van der Waals surface area contributed by atoms with E-state index in [1.807, 2.05) is 84.9 Å². The topological polar surface area (TPSA) is 50.4 Å². The molecule has 0 atom stereocenters. The third-order valence-electron chi connectivity index (χ3n) is 4.90. The van der Waals surface area contributed by atoms with Crippen molar-refractivity contribution in [1.29, 1.82) is 0 Å². The van der Waals surface area contributed by atoms with Crippen molar-refractivity contribution in [3.63, 3.8) is 0 Å². The van der Waals surface area contributed by atoms with E-state index in [1.165, 1.54) is 0 Å². The van der Waals surface area contributed by atoms with Crippen LogP contribution in [0, 0.1) is 0 Å². The standard InChI is InChI=1S/C27H22Cl2N2O2S/c28-20-9-15-23(16-10-20)34-26-8-4-7-25(29)24(26)17-30-27(32)31-21-11-13-22(14-12-21)33-18-19-5-2-1-3-6-19/h1-16H,17-18H2,(H2,30,31,32). The molecule has 0 fully saturated rings. The molecule has 4 aromatic rings. The van der Waals surface area contributed by atoms with Crippen LogP contribution >= 0.6 is 35.0 Å². The third-order valence-corrected chi connectivity index (χ3v) is 6.62. The van der Waals surface area contributed by atoms with E-state index in [9.17, 15) is 4.79 Å². The molecule has 2 N–H and O–H groups in total. The molecule has 0 aliphatic heterocycles. The molecule has 4 rings (SSSR count). The number of carbonyl (C=O) groups is 1. The summed E-state index contributed by atoms with van der Waals surface area (Å²) < 4.78 is 5.79. The highest BCUT2D eigenvalue weighted by Crippen LogP contribution is 2.34. The first-order chi connectivity index (χ1) is 16.6. The van der Waals surface area contributed by atoms with E-state index in [-0.39, 0.29) is 6.03 Å². The Kier molecular flexibility index (Phi) is 8.36. The van der Waals surface area contributed by atoms with Crippen molar-refractivity contribution in [2.75, 3.05) is 5.32 Å². The van der Waals surface area contributed by atoms with Crippen LogP contribution in [0.5, 0.6) is 5.75 Å². The van der Waals surface area contributed by atoms with E-state index in [0.717, 1.165) is 26.7 Å². The molecular weight excluding hydrogens is 487 g/mol. The number of hydrogen-bond acceptors (Lipinski definition) is 3. The lowest BCUT2D eigenvalue weighted by Crippen LogP contribution is -2.28. The summed E-state index contributed by atoms with van der Waals surface area (Å²) in [4.78, 5) is 14.5. The van der Waals surface area contributed by atoms with Crippen LogP contribution in [0.15, 0.2) is 107 Å². The Labute approximate surface area is 213 Å². The molecule has 7 heteroatoms. The summed E-state index contributed by atoms with van der Waals surface area (Å²) in [5.41, 5.74) is 2.61. The van der Waals surface area contributed by atoms with Gasteiger partial charge in [0.25, 0.3) is 0 Å². The fourth-order valence-electron chi connectivity index (χ4n) is 3.16. The lowest BCUT2D eigenvalue weighted by Gasteiger charge is -2.13. The van der Waals surface area contributed by atoms with E-state index in [1.54, 1.807) is 23.9 Å². The summed E-state index contributed by atoms with van der Waals surface area (Å²) in [7, 11) is 0. The minimum Gasteiger partial charge on any atom is -0.489 e. The van der Waals surface area contributed by atoms with Crippen molar-refractivity contribution in [2.24, 2.45) is 0 Å². The van der Waals surface area contributed by atoms with E-state index >= 15 is 0 Å². The SMILES string of the molecule is O=C(NCc1c(Cl)cccc1Sc1ccc(Cl)cc1)Nc1ccc(OCc2ccccc2)cc1. The van der Waals surface area contributed by atoms with Crippen molar-refractivity contribution in [3.05, 3.63) is 118 Å². The molecule has 0 spiro atoms. The molecule has 0 bridgehead atoms. The van der Waals surface area contributed by atoms with Gasteiger partial charge in [-0.15, -0.1) is 0 Å². The third kappa shape index (κ3) is 6.94. The van der Waals surface area contributed by atoms with Crippen LogP contribution in [0.2, 0.25) is 10.0 Å². The largest absolute Gasteiger partial charge is 0.489 e. The Morgan fingerprint density at radius 3 is 2.29 bits per heavy atom. The number of rotatable bonds is 8. The van der Waals surface area contributed by atoms with Gasteiger partial charge in [0, 0.05) is 37.6 Å². The van der Waals surface area contributed by atoms with E-state index in [4.69, 9.17) is 27.9 Å². The molecule has 0 aliphatic rings. The number of carbonyl (C=O) groups excluding carboxylic acids is 1. The normalized spacial score (nSPS) is 10.5. The van der Waals surface area contributed by atoms with Gasteiger partial charge in [-0.25, -0.2) is 4.79 Å². The highest BCUT2D eigenvalue weighted by atomic mass is 35.5. The zero-order valence-corrected chi connectivity index (χ0v) is 20.5. The Hall–Kier alpha value is -3.12. The molecule has 4 aromatic carbocycles. The van der Waals surface area contributed by atoms with Gasteiger partial charge in [-0.05, 0) is 66.2 Å². The fraction of sp³-hybridized carbons (Fsp3) is 0.0741. The van der Waals surface area contributed by atoms with Crippen molar-refractivity contribution in [1.82, 2.24) is 5.32 Å². The first kappa shape index (κ1) is 24.0. The molecule has 172 valence electrons. The van der Waals surface area contributed by atoms with Crippen molar-refractivity contribution in [3.8, 4) is 5.75 Å². The second-order valence-corrected chi connectivity index (χ2v) is 9.34. The summed E-state index contributed by atoms with van der Waals surface area (Å²) in [6.07, 6.45) is 0. The molecule has 0 saturated heterocycles. The number of ether oxygens (including phenoxy) is 1. The maximum atomic E-state index is 12.5. The minimum absolute atomic E-state index is 0.291. The first-order valence-corrected chi connectivity index (χ1v) is 12.2. The van der Waals surface area contributed by atoms with Crippen LogP contribution in [0.4, 0.5) is 10.5 Å². The highest BCUT2D eigenvalue weighted by molar-refractivity contribution is 7.99. The lowest BCUT2D eigenvalue weighted by molar-refractivity contribution is 0.251. The summed E-state index contributed by atoms with van der Waals surface area (Å²) in [6, 6.07) is 30.2. The molecule has 0 saturated carbocycles. The van der Waals surface area contributed by atoms with Crippen LogP contribution in [0.1, 0.15) is 11.1 Å². The summed E-state index contributed by atoms with van der Waals surface area (Å²) in [5, 5.41) is 7.00. The van der Waals surface area contributed by atoms with E-state index in [0.29, 0.717) is 28.9 Å². The Bertz CT molecular complexity index is 1230. The number of anilines is 1. The lowest BCUT2D eigenvalue weighted by atomic mass is 10.2. The fourth-order valence-corrected chi connectivity index (χ4v) is 4.56. The molecule has 0 aromatic heterocycles. The number of benzene rings is 4. The summed E-state index contributed by atoms with van der Waals surface area (Å²) in [6.45, 7) is 0.780. The van der Waals surface area contributed by atoms with E-state index in [2.05, 4.69) is 10.6 Å². The van der Waals surface area contributed by atoms with Gasteiger partial charge >= 0.3 is 6.03 Å². The average Bonchev–Trinajstić information content (AvgIpc) is 2.85. The van der Waals surface area contributed by atoms with Crippen LogP contribution < -0.4 is 15.4 Å². The summed E-state index contributed by atoms with van der Waals surface area (Å²) in [5.74, 6) is 0.731. The number of amides is 2. The van der Waals surface area contributed by atoms with Crippen molar-refractivity contribution >= 4 is 46.7 Å². The Balaban J connectivity index is 1.32. The number of nitrogens with one attached hydrogen (secondary N) is 2. The van der Waals surface area contributed by atoms with Crippen molar-refractivity contribution < 1.29 is 9.53 Å². The predicted molar refractivity (Wildman–Crippen MR) is 140 cm³/mol. The first-order valence-electron chi connectivity index (χ1n) is 10.6. The maximum Gasteiger partial charge on any atom is 0.319 e. The van der Waals surface area contributed by atoms with Gasteiger partial charge in [-0.2, -0.15) is 0 Å². The Morgan fingerprint density at radius 2 is 1.56 bits per heavy atom. The highest BCUT2D eigenvalue weighted by Gasteiger charge is 2.11. The van der Waals surface area contributed by atoms with Gasteiger partial charge < -0.3 is 15.4 Å². The van der Waals surface area contributed by atoms with Crippen LogP contribution in [-0.2, 0) is 13.2 Å². The molecule has 2 amide bonds. The molecule has 0 unspecified atom stereocenters. The second kappa shape index (κ2) is 11.8. The monoisotopic (exact) mass is 508 g/mol. The average molecular weight is 509 g/mol. The summed E-state index contributed by atoms with van der Waals surface area (Å²) >= 11 is 14.0. The zero-order valence-electron chi connectivity index (χ0n) is 18.1. The molecule has 34 heavy (non-hydrogen) atoms. The van der Waals surface area contributed by atoms with Gasteiger partial charge in [0.15, 0.2) is 0 Å². The van der Waals surface area contributed by atoms with Gasteiger partial charge in [0.05, 0.1) is 0 Å². The smallest absolute Gasteiger partial charge is 0.319 e. The Morgan fingerprint density at radius 1 is 0.824 bits per heavy atom. The number of urea groups is 1. The molecule has 0 radical (unpaired) electrons. The minimum atomic E-state index is -0.319.